The first-order valence-electron chi connectivity index (χ1n) is 12.9. The van der Waals surface area contributed by atoms with E-state index in [1.807, 2.05) is 121 Å². The number of aromatic nitrogens is 4. The van der Waals surface area contributed by atoms with Crippen molar-refractivity contribution in [2.75, 3.05) is 11.6 Å². The van der Waals surface area contributed by atoms with Crippen molar-refractivity contribution >= 4 is 11.9 Å². The van der Waals surface area contributed by atoms with E-state index in [2.05, 4.69) is 20.8 Å². The number of nitrogens with one attached hydrogen (secondary N) is 1. The van der Waals surface area contributed by atoms with E-state index in [0.29, 0.717) is 6.54 Å². The molecule has 1 fully saturated rings. The molecule has 2 heterocycles. The van der Waals surface area contributed by atoms with Gasteiger partial charge in [-0.25, -0.2) is 9.07 Å². The molecule has 1 aliphatic heterocycles. The first kappa shape index (κ1) is 24.6. The fourth-order valence-corrected chi connectivity index (χ4v) is 5.39. The molecule has 194 valence electrons. The zero-order valence-corrected chi connectivity index (χ0v) is 21.1. The lowest BCUT2D eigenvalue weighted by molar-refractivity contribution is -0.128. The highest BCUT2D eigenvalue weighted by molar-refractivity contribution is 6.04. The molecule has 2 unspecified atom stereocenters. The molecule has 1 aliphatic rings. The van der Waals surface area contributed by atoms with Gasteiger partial charge in [-0.1, -0.05) is 126 Å². The van der Waals surface area contributed by atoms with Crippen molar-refractivity contribution in [1.29, 1.82) is 0 Å². The minimum absolute atomic E-state index is 0.231. The second-order valence-corrected chi connectivity index (χ2v) is 9.52. The van der Waals surface area contributed by atoms with Gasteiger partial charge < -0.3 is 0 Å². The van der Waals surface area contributed by atoms with E-state index in [1.165, 1.54) is 9.58 Å². The molecule has 4 aromatic carbocycles. The molecule has 1 amide bonds. The molecule has 6 rings (SSSR count). The maximum atomic E-state index is 14.7. The van der Waals surface area contributed by atoms with Crippen LogP contribution in [0.5, 0.6) is 0 Å². The summed E-state index contributed by atoms with van der Waals surface area (Å²) >= 11 is 0. The Balaban J connectivity index is 1.40. The standard InChI is InChI=1S/C31H27FN6O/c32-21-27-28(29(39)38(27)30-34-35-36-37(30)22-23-13-5-1-6-14-23)33-31(24-15-7-2-8-16-24,25-17-9-3-10-18-25)26-19-11-4-12-20-26/h1-20,27-28,33H,21-22H2. The average Bonchev–Trinajstić information content (AvgIpc) is 3.45. The Hall–Kier alpha value is -4.69. The number of hydrogen-bond donors (Lipinski definition) is 1. The third-order valence-corrected chi connectivity index (χ3v) is 7.27. The molecule has 1 saturated heterocycles. The van der Waals surface area contributed by atoms with Crippen molar-refractivity contribution in [3.8, 4) is 0 Å². The molecule has 0 aliphatic carbocycles. The third-order valence-electron chi connectivity index (χ3n) is 7.27. The highest BCUT2D eigenvalue weighted by Crippen LogP contribution is 2.39. The Labute approximate surface area is 225 Å². The van der Waals surface area contributed by atoms with E-state index in [9.17, 15) is 9.18 Å². The Bertz CT molecular complexity index is 1430. The lowest BCUT2D eigenvalue weighted by atomic mass is 9.75. The molecule has 5 aromatic rings. The van der Waals surface area contributed by atoms with Crippen LogP contribution >= 0.6 is 0 Å². The van der Waals surface area contributed by atoms with Crippen LogP contribution in [0.3, 0.4) is 0 Å². The first-order chi connectivity index (χ1) is 19.2. The Morgan fingerprint density at radius 2 is 1.23 bits per heavy atom. The van der Waals surface area contributed by atoms with Crippen molar-refractivity contribution < 1.29 is 9.18 Å². The number of hydrogen-bond acceptors (Lipinski definition) is 5. The van der Waals surface area contributed by atoms with E-state index < -0.39 is 24.3 Å². The van der Waals surface area contributed by atoms with E-state index in [4.69, 9.17) is 0 Å². The SMILES string of the molecule is O=C1C(NC(c2ccccc2)(c2ccccc2)c2ccccc2)C(CF)N1c1nnnn1Cc1ccccc1. The Morgan fingerprint density at radius 3 is 1.72 bits per heavy atom. The molecule has 8 heteroatoms. The van der Waals surface area contributed by atoms with Gasteiger partial charge in [0.1, 0.15) is 12.7 Å². The van der Waals surface area contributed by atoms with Gasteiger partial charge in [0.2, 0.25) is 5.91 Å². The fourth-order valence-electron chi connectivity index (χ4n) is 5.39. The number of nitrogens with zero attached hydrogens (tertiary/aromatic N) is 5. The quantitative estimate of drug-likeness (QED) is 0.232. The van der Waals surface area contributed by atoms with Gasteiger partial charge in [-0.05, 0) is 32.7 Å². The maximum Gasteiger partial charge on any atom is 0.253 e. The van der Waals surface area contributed by atoms with Crippen LogP contribution in [0.4, 0.5) is 10.3 Å². The van der Waals surface area contributed by atoms with Gasteiger partial charge in [-0.15, -0.1) is 0 Å². The van der Waals surface area contributed by atoms with E-state index in [0.717, 1.165) is 22.3 Å². The van der Waals surface area contributed by atoms with Crippen LogP contribution in [0.15, 0.2) is 121 Å². The molecule has 0 saturated carbocycles. The largest absolute Gasteiger partial charge is 0.287 e. The third kappa shape index (κ3) is 4.38. The number of rotatable bonds is 9. The second-order valence-electron chi connectivity index (χ2n) is 9.52. The fraction of sp³-hybridized carbons (Fsp3) is 0.161. The molecular formula is C31H27FN6O. The summed E-state index contributed by atoms with van der Waals surface area (Å²) in [6.07, 6.45) is 0. The van der Waals surface area contributed by atoms with Gasteiger partial charge in [0.15, 0.2) is 0 Å². The molecule has 0 spiro atoms. The number of alkyl halides is 1. The zero-order chi connectivity index (χ0) is 26.7. The molecule has 0 bridgehead atoms. The van der Waals surface area contributed by atoms with Gasteiger partial charge in [0, 0.05) is 0 Å². The summed E-state index contributed by atoms with van der Waals surface area (Å²) < 4.78 is 16.3. The summed E-state index contributed by atoms with van der Waals surface area (Å²) in [5, 5.41) is 15.6. The summed E-state index contributed by atoms with van der Waals surface area (Å²) in [5.41, 5.74) is 2.90. The topological polar surface area (TPSA) is 75.9 Å². The van der Waals surface area contributed by atoms with E-state index in [1.54, 1.807) is 0 Å². The van der Waals surface area contributed by atoms with Crippen LogP contribution in [0.1, 0.15) is 22.3 Å². The van der Waals surface area contributed by atoms with Crippen molar-refractivity contribution in [2.24, 2.45) is 0 Å². The van der Waals surface area contributed by atoms with Crippen molar-refractivity contribution in [2.45, 2.75) is 24.2 Å². The van der Waals surface area contributed by atoms with Gasteiger partial charge in [-0.2, -0.15) is 0 Å². The predicted molar refractivity (Wildman–Crippen MR) is 147 cm³/mol. The normalized spacial score (nSPS) is 17.2. The predicted octanol–water partition coefficient (Wildman–Crippen LogP) is 4.36. The highest BCUT2D eigenvalue weighted by Gasteiger charge is 2.54. The molecule has 1 N–H and O–H groups in total. The second kappa shape index (κ2) is 10.6. The molecule has 2 atom stereocenters. The number of carbonyl (C=O) groups excluding carboxylic acids is 1. The summed E-state index contributed by atoms with van der Waals surface area (Å²) in [4.78, 5) is 15.2. The molecule has 39 heavy (non-hydrogen) atoms. The number of benzene rings is 4. The molecular weight excluding hydrogens is 491 g/mol. The summed E-state index contributed by atoms with van der Waals surface area (Å²) in [7, 11) is 0. The first-order valence-corrected chi connectivity index (χ1v) is 12.9. The number of halogens is 1. The Morgan fingerprint density at radius 1 is 0.744 bits per heavy atom. The average molecular weight is 519 g/mol. The smallest absolute Gasteiger partial charge is 0.253 e. The van der Waals surface area contributed by atoms with Gasteiger partial charge in [0.25, 0.3) is 5.95 Å². The lowest BCUT2D eigenvalue weighted by Gasteiger charge is -2.49. The van der Waals surface area contributed by atoms with Crippen LogP contribution in [0.2, 0.25) is 0 Å². The minimum atomic E-state index is -0.903. The van der Waals surface area contributed by atoms with Crippen molar-refractivity contribution in [3.05, 3.63) is 144 Å². The summed E-state index contributed by atoms with van der Waals surface area (Å²) in [6.45, 7) is -0.387. The highest BCUT2D eigenvalue weighted by atomic mass is 19.1. The van der Waals surface area contributed by atoms with Gasteiger partial charge in [-0.3, -0.25) is 15.0 Å². The van der Waals surface area contributed by atoms with Crippen LogP contribution in [0, 0.1) is 0 Å². The van der Waals surface area contributed by atoms with Crippen LogP contribution in [-0.4, -0.2) is 44.9 Å². The zero-order valence-electron chi connectivity index (χ0n) is 21.1. The maximum absolute atomic E-state index is 14.7. The summed E-state index contributed by atoms with van der Waals surface area (Å²) in [6, 6.07) is 37.9. The van der Waals surface area contributed by atoms with Gasteiger partial charge in [0.05, 0.1) is 18.1 Å². The number of anilines is 1. The van der Waals surface area contributed by atoms with Crippen molar-refractivity contribution in [1.82, 2.24) is 25.5 Å². The summed E-state index contributed by atoms with van der Waals surface area (Å²) in [5.74, 6) is -0.0526. The van der Waals surface area contributed by atoms with E-state index >= 15 is 0 Å². The lowest BCUT2D eigenvalue weighted by Crippen LogP contribution is -2.74. The number of tetrazole rings is 1. The number of amides is 1. The Kier molecular flexibility index (Phi) is 6.69. The van der Waals surface area contributed by atoms with Crippen LogP contribution in [-0.2, 0) is 16.9 Å². The minimum Gasteiger partial charge on any atom is -0.287 e. The number of carbonyl (C=O) groups is 1. The molecule has 0 radical (unpaired) electrons. The number of β-lactam (4-membered cyclic amide) rings is 1. The molecule has 7 nitrogen and oxygen atoms in total. The molecule has 1 aromatic heterocycles. The van der Waals surface area contributed by atoms with E-state index in [-0.39, 0.29) is 11.9 Å². The van der Waals surface area contributed by atoms with Crippen LogP contribution in [0.25, 0.3) is 0 Å². The monoisotopic (exact) mass is 518 g/mol. The van der Waals surface area contributed by atoms with Gasteiger partial charge >= 0.3 is 0 Å². The van der Waals surface area contributed by atoms with Crippen LogP contribution < -0.4 is 10.2 Å². The van der Waals surface area contributed by atoms with Crippen molar-refractivity contribution in [3.63, 3.8) is 0 Å².